The van der Waals surface area contributed by atoms with Gasteiger partial charge in [0, 0.05) is 140 Å². The van der Waals surface area contributed by atoms with Crippen LogP contribution in [0, 0.1) is 25.2 Å². The zero-order chi connectivity index (χ0) is 104. The highest BCUT2D eigenvalue weighted by molar-refractivity contribution is 7.17. The van der Waals surface area contributed by atoms with Gasteiger partial charge in [0.1, 0.15) is 61.9 Å². The minimum Gasteiger partial charge on any atom is -0.507 e. The van der Waals surface area contributed by atoms with Gasteiger partial charge in [0.05, 0.1) is 105 Å². The number of primary amides is 1. The summed E-state index contributed by atoms with van der Waals surface area (Å²) in [5, 5.41) is 77.2. The average molecular weight is 2050 g/mol. The molecule has 2 aromatic carbocycles. The van der Waals surface area contributed by atoms with Crippen LogP contribution in [-0.2, 0) is 23.9 Å². The number of imidazole rings is 1. The maximum Gasteiger partial charge on any atom is 0.348 e. The molecule has 0 unspecified atom stereocenters. The van der Waals surface area contributed by atoms with E-state index in [1.807, 2.05) is 142 Å². The number of aryl methyl sites for hydroxylation is 2. The minimum absolute atomic E-state index is 0.0427. The Morgan fingerprint density at radius 2 is 0.926 bits per heavy atom. The lowest BCUT2D eigenvalue weighted by Gasteiger charge is -2.18. The third-order valence-corrected chi connectivity index (χ3v) is 28.3. The molecule has 5 amide bonds. The second kappa shape index (κ2) is 39.9. The third-order valence-electron chi connectivity index (χ3n) is 25.1. The minimum atomic E-state index is -0.558. The topological polar surface area (TPSA) is 519 Å². The summed E-state index contributed by atoms with van der Waals surface area (Å²) in [6.45, 7) is 24.8. The number of esters is 1. The molecule has 0 radical (unpaired) electrons. The molecule has 9 aliphatic rings. The lowest BCUT2D eigenvalue weighted by Crippen LogP contribution is -2.23. The van der Waals surface area contributed by atoms with Crippen LogP contribution in [0.4, 0.5) is 23.3 Å². The zero-order valence-electron chi connectivity index (χ0n) is 81.7. The standard InChI is InChI=1S/C24H25N5O3S.C23H23N5O2.C22H21N5O2.C20H16N6OS.C18H15N7O3S/c1-13-9-14(22(30)26-13)10-15-12-25-29-20(27-16-5-6-16)11-17(28-21(15)29)18-7-8-19(33-18)23(31)32-24(2,3)4;1-12-6-16(7-13(2)22(12)30)19-10-20(26-18-4-5-18)28-23(27-19)17(11-24-28)8-15-9-21(29)25-14(15)3;1-13-15(10-21(28)24-13)8-16-12-23-27-20(25-17-6-7-17)11-19(26-22(16)27)14-4-3-5-18(9-14)29-2;1-11-6-12(20(27)23-11)7-13-10-22-26-18(24-14-2-3-14)8-16(25-19(13)26)17-5-4-15(9-21)28-17;19-15(26)13-4-3-12(29-13)10-6-14(21-9-1-2-9)25-16(22-10)8(7-20-25)5-11-17(27)24-18(28)23-11/h7-8,10-12,16,27H,1,5-6,9H2,2-4H3,(H,26,30);6-8,10-11,18,26,30H,3-5,9H2,1-2H3,(H,25,29);3-5,8-9,11-12,17,25H,1,6-7,10H2,2H3,(H,24,28);4-5,7-8,10,14,24H,1-3,6H2,(H,23,27);3-7,9,27H,1-2H2,(H2,19,26)(H2,23,24,28)/b14-10+;2*15-8+;12-7+;. The lowest BCUT2D eigenvalue weighted by atomic mass is 10.0. The fourth-order valence-corrected chi connectivity index (χ4v) is 19.3. The van der Waals surface area contributed by atoms with Crippen molar-refractivity contribution in [2.24, 2.45) is 10.7 Å². The number of nitrogens with two attached hydrogens (primary N) is 1. The summed E-state index contributed by atoms with van der Waals surface area (Å²) < 4.78 is 19.7. The number of fused-ring (bicyclic) bond motifs is 5. The Labute approximate surface area is 861 Å². The van der Waals surface area contributed by atoms with Crippen molar-refractivity contribution < 1.29 is 48.5 Å². The third kappa shape index (κ3) is 21.9. The molecule has 5 aliphatic carbocycles. The molecule has 0 spiro atoms. The fraction of sp³-hybridized carbons (Fsp3) is 0.243. The highest BCUT2D eigenvalue weighted by atomic mass is 32.1. The Bertz CT molecular complexity index is 8680. The number of nitrogens with one attached hydrogen (secondary N) is 10. The van der Waals surface area contributed by atoms with Crippen molar-refractivity contribution >= 4 is 151 Å². The number of allylic oxidation sites excluding steroid dienone is 4. The van der Waals surface area contributed by atoms with Crippen LogP contribution in [0.25, 0.3) is 113 Å². The Morgan fingerprint density at radius 3 is 1.34 bits per heavy atom. The van der Waals surface area contributed by atoms with E-state index in [2.05, 4.69) is 115 Å². The summed E-state index contributed by atoms with van der Waals surface area (Å²) in [5.74, 6) is 3.08. The molecule has 25 rings (SSSR count). The molecule has 149 heavy (non-hydrogen) atoms. The number of amides is 5. The van der Waals surface area contributed by atoms with E-state index in [1.165, 1.54) is 34.0 Å². The first kappa shape index (κ1) is 97.2. The molecule has 4 saturated heterocycles. The van der Waals surface area contributed by atoms with Gasteiger partial charge in [-0.3, -0.25) is 33.9 Å². The van der Waals surface area contributed by atoms with E-state index in [1.54, 1.807) is 86.5 Å². The Kier molecular flexibility index (Phi) is 26.1. The van der Waals surface area contributed by atoms with Crippen LogP contribution in [0.3, 0.4) is 0 Å². The molecule has 18 heterocycles. The van der Waals surface area contributed by atoms with E-state index in [9.17, 15) is 43.8 Å². The first-order chi connectivity index (χ1) is 71.7. The Hall–Kier alpha value is -17.9. The molecular formula is C107H100N28O11S3. The molecule has 0 atom stereocenters. The van der Waals surface area contributed by atoms with Crippen molar-refractivity contribution in [2.45, 2.75) is 160 Å². The summed E-state index contributed by atoms with van der Waals surface area (Å²) in [6, 6.07) is 36.5. The predicted octanol–water partition coefficient (Wildman–Crippen LogP) is 14.7. The van der Waals surface area contributed by atoms with Gasteiger partial charge in [0.25, 0.3) is 17.7 Å². The maximum atomic E-state index is 12.5. The number of rotatable bonds is 22. The van der Waals surface area contributed by atoms with Crippen molar-refractivity contribution in [2.75, 3.05) is 28.4 Å². The number of phenolic OH excluding ortho intramolecular Hbond substituents is 1. The monoisotopic (exact) mass is 2050 g/mol. The number of phenols is 1. The smallest absolute Gasteiger partial charge is 0.348 e. The molecule has 16 aromatic rings. The molecule has 14 aromatic heterocycles. The number of nitrogens with zero attached hydrogens (tertiary/aromatic N) is 17. The van der Waals surface area contributed by atoms with E-state index in [0.29, 0.717) is 143 Å². The predicted molar refractivity (Wildman–Crippen MR) is 568 cm³/mol. The van der Waals surface area contributed by atoms with Gasteiger partial charge >= 0.3 is 11.7 Å². The van der Waals surface area contributed by atoms with E-state index < -0.39 is 17.2 Å². The van der Waals surface area contributed by atoms with Crippen LogP contribution >= 0.6 is 34.0 Å². The summed E-state index contributed by atoms with van der Waals surface area (Å²) in [7, 11) is 1.65. The van der Waals surface area contributed by atoms with E-state index in [4.69, 9.17) is 45.4 Å². The van der Waals surface area contributed by atoms with Crippen LogP contribution in [-0.4, -0.2) is 172 Å². The number of hydrogen-bond acceptors (Lipinski definition) is 30. The van der Waals surface area contributed by atoms with Crippen molar-refractivity contribution in [3.05, 3.63) is 280 Å². The fourth-order valence-electron chi connectivity index (χ4n) is 16.9. The summed E-state index contributed by atoms with van der Waals surface area (Å²) >= 11 is 4.00. The quantitative estimate of drug-likeness (QED) is 0.0221. The number of ether oxygens (including phenoxy) is 2. The average Bonchev–Trinajstić information content (AvgIpc) is 1.65. The largest absolute Gasteiger partial charge is 0.507 e. The molecule has 4 aliphatic heterocycles. The number of aromatic amines is 2. The Morgan fingerprint density at radius 1 is 0.497 bits per heavy atom. The van der Waals surface area contributed by atoms with Crippen LogP contribution in [0.1, 0.15) is 174 Å². The van der Waals surface area contributed by atoms with Crippen LogP contribution in [0.2, 0.25) is 0 Å². The Balaban J connectivity index is 0.000000109. The molecular weight excluding hydrogens is 1950 g/mol. The number of methoxy groups -OCH3 is 1. The highest BCUT2D eigenvalue weighted by Crippen LogP contribution is 2.41. The van der Waals surface area contributed by atoms with E-state index in [-0.39, 0.29) is 47.2 Å². The van der Waals surface area contributed by atoms with E-state index in [0.717, 1.165) is 192 Å². The first-order valence-corrected chi connectivity index (χ1v) is 50.7. The lowest BCUT2D eigenvalue weighted by molar-refractivity contribution is -0.119. The normalized spacial score (nSPS) is 17.3. The number of benzene rings is 2. The van der Waals surface area contributed by atoms with Gasteiger partial charge in [-0.25, -0.2) is 34.5 Å². The first-order valence-electron chi connectivity index (χ1n) is 48.3. The molecule has 42 heteroatoms. The van der Waals surface area contributed by atoms with Gasteiger partial charge in [0.15, 0.2) is 33.7 Å². The molecule has 5 saturated carbocycles. The van der Waals surface area contributed by atoms with Crippen LogP contribution in [0.5, 0.6) is 17.4 Å². The number of hydrogen-bond donors (Lipinski definition) is 13. The number of carbonyl (C=O) groups is 6. The maximum absolute atomic E-state index is 12.5. The van der Waals surface area contributed by atoms with Gasteiger partial charge in [-0.15, -0.1) is 34.0 Å². The number of nitriles is 1. The SMILES string of the molecule is C=C1C/C(=C\c2cnn3c(NC4CC4)cc(-c4ccc(C#N)s4)nc23)C(=O)N1.C=C1C/C(=C\c2cnn3c(NC4CC4)cc(-c4ccc(C(=O)OC(C)(C)C)s4)nc23)C(=O)N1.C=C1NC(=O)C/C1=C\c1cnn2c(NC3CC3)cc(-c3cc(C)c(O)c(C)c3)nc12.C=C1NC(=O)C/C1=C\c1cnn2c(NC3CC3)cc(-c3cccc(OC)c3)nc12.NC(=O)c1ccc(-c2cc(=NC3CC3)n3ncc(=Cc4[nH]c(=O)[nH]c4O)c3n2)s1. The number of carbonyl (C=O) groups excluding carboxylic acids is 6. The van der Waals surface area contributed by atoms with Gasteiger partial charge in [-0.05, 0) is 212 Å². The number of H-pyrrole nitrogens is 2. The highest BCUT2D eigenvalue weighted by Gasteiger charge is 2.33. The zero-order valence-corrected chi connectivity index (χ0v) is 84.1. The van der Waals surface area contributed by atoms with Gasteiger partial charge in [-0.2, -0.15) is 53.3 Å². The molecule has 0 bridgehead atoms. The number of thiophene rings is 3. The van der Waals surface area contributed by atoms with Crippen molar-refractivity contribution in [1.29, 1.82) is 5.26 Å². The van der Waals surface area contributed by atoms with Crippen LogP contribution < -0.4 is 69.4 Å². The van der Waals surface area contributed by atoms with Gasteiger partial charge < -0.3 is 72.9 Å². The van der Waals surface area contributed by atoms with Crippen molar-refractivity contribution in [1.82, 2.24) is 104 Å². The van der Waals surface area contributed by atoms with Gasteiger partial charge in [0.2, 0.25) is 17.7 Å². The number of aromatic hydroxyl groups is 2. The summed E-state index contributed by atoms with van der Waals surface area (Å²) in [4.78, 5) is 121. The summed E-state index contributed by atoms with van der Waals surface area (Å²) in [5.41, 5.74) is 24.5. The molecule has 14 N–H and O–H groups in total. The molecule has 39 nitrogen and oxygen atoms in total. The number of anilines is 4. The second-order valence-corrected chi connectivity index (χ2v) is 41.8. The van der Waals surface area contributed by atoms with Gasteiger partial charge in [-0.1, -0.05) is 38.4 Å². The molecule has 752 valence electrons. The van der Waals surface area contributed by atoms with E-state index >= 15 is 0 Å². The number of aromatic nitrogens is 17. The second-order valence-electron chi connectivity index (χ2n) is 38.5. The van der Waals surface area contributed by atoms with Crippen molar-refractivity contribution in [3.63, 3.8) is 0 Å². The van der Waals surface area contributed by atoms with Crippen molar-refractivity contribution in [3.8, 4) is 77.7 Å². The molecule has 9 fully saturated rings. The van der Waals surface area contributed by atoms with Crippen LogP contribution in [0.15, 0.2) is 215 Å². The summed E-state index contributed by atoms with van der Waals surface area (Å²) in [6.07, 6.45) is 30.4.